The molecule has 0 aliphatic carbocycles. The Bertz CT molecular complexity index is 620. The summed E-state index contributed by atoms with van der Waals surface area (Å²) in [6, 6.07) is 8.70. The van der Waals surface area contributed by atoms with Crippen molar-refractivity contribution in [3.05, 3.63) is 42.0 Å². The first-order valence-electron chi connectivity index (χ1n) is 8.00. The van der Waals surface area contributed by atoms with E-state index >= 15 is 0 Å². The second-order valence-electron chi connectivity index (χ2n) is 5.79. The van der Waals surface area contributed by atoms with Crippen LogP contribution < -0.4 is 10.2 Å². The third-order valence-electron chi connectivity index (χ3n) is 4.13. The molecule has 0 amide bonds. The van der Waals surface area contributed by atoms with Crippen LogP contribution in [-0.2, 0) is 6.42 Å². The minimum absolute atomic E-state index is 0.484. The van der Waals surface area contributed by atoms with E-state index in [2.05, 4.69) is 38.2 Å². The fourth-order valence-corrected chi connectivity index (χ4v) is 2.84. The molecule has 1 N–H and O–H groups in total. The van der Waals surface area contributed by atoms with Crippen LogP contribution in [0.3, 0.4) is 0 Å². The zero-order chi connectivity index (χ0) is 15.4. The van der Waals surface area contributed by atoms with E-state index in [-0.39, 0.29) is 0 Å². The molecule has 22 heavy (non-hydrogen) atoms. The lowest BCUT2D eigenvalue weighted by Crippen LogP contribution is -2.39. The molecule has 2 aromatic rings. The summed E-state index contributed by atoms with van der Waals surface area (Å²) >= 11 is 0. The van der Waals surface area contributed by atoms with Crippen LogP contribution in [0, 0.1) is 6.92 Å². The van der Waals surface area contributed by atoms with Crippen LogP contribution in [0.4, 0.5) is 11.6 Å². The zero-order valence-electron chi connectivity index (χ0n) is 13.3. The number of pyridine rings is 1. The van der Waals surface area contributed by atoms with E-state index in [1.807, 2.05) is 25.1 Å². The summed E-state index contributed by atoms with van der Waals surface area (Å²) in [5.41, 5.74) is 2.16. The molecule has 5 heteroatoms. The molecule has 0 unspecified atom stereocenters. The topological polar surface area (TPSA) is 53.9 Å². The number of nitrogens with zero attached hydrogens (tertiary/aromatic N) is 4. The quantitative estimate of drug-likeness (QED) is 0.940. The minimum atomic E-state index is 0.484. The molecule has 0 saturated carbocycles. The molecule has 3 rings (SSSR count). The number of aromatic nitrogens is 3. The lowest BCUT2D eigenvalue weighted by Gasteiger charge is -2.33. The Morgan fingerprint density at radius 3 is 2.77 bits per heavy atom. The highest BCUT2D eigenvalue weighted by Gasteiger charge is 2.20. The van der Waals surface area contributed by atoms with E-state index in [1.165, 1.54) is 0 Å². The average molecular weight is 297 g/mol. The summed E-state index contributed by atoms with van der Waals surface area (Å²) in [5.74, 6) is 2.03. The normalized spacial score (nSPS) is 15.8. The third-order valence-corrected chi connectivity index (χ3v) is 4.13. The van der Waals surface area contributed by atoms with Crippen LogP contribution in [0.15, 0.2) is 30.6 Å². The molecule has 116 valence electrons. The van der Waals surface area contributed by atoms with Gasteiger partial charge in [-0.3, -0.25) is 0 Å². The predicted octanol–water partition coefficient (Wildman–Crippen LogP) is 2.82. The van der Waals surface area contributed by atoms with Gasteiger partial charge in [-0.2, -0.15) is 0 Å². The van der Waals surface area contributed by atoms with Crippen LogP contribution in [0.2, 0.25) is 0 Å². The Balaban J connectivity index is 1.58. The van der Waals surface area contributed by atoms with Gasteiger partial charge in [0.2, 0.25) is 0 Å². The van der Waals surface area contributed by atoms with Gasteiger partial charge in [-0.1, -0.05) is 13.0 Å². The van der Waals surface area contributed by atoms with E-state index in [0.29, 0.717) is 6.04 Å². The molecule has 0 spiro atoms. The van der Waals surface area contributed by atoms with Crippen molar-refractivity contribution < 1.29 is 0 Å². The summed E-state index contributed by atoms with van der Waals surface area (Å²) in [7, 11) is 0. The van der Waals surface area contributed by atoms with Gasteiger partial charge in [-0.15, -0.1) is 0 Å². The molecule has 1 aliphatic heterocycles. The summed E-state index contributed by atoms with van der Waals surface area (Å²) in [5, 5.41) is 3.55. The summed E-state index contributed by atoms with van der Waals surface area (Å²) < 4.78 is 0. The first kappa shape index (κ1) is 14.8. The van der Waals surface area contributed by atoms with E-state index < -0.39 is 0 Å². The summed E-state index contributed by atoms with van der Waals surface area (Å²) in [4.78, 5) is 15.6. The molecule has 1 saturated heterocycles. The molecular formula is C17H23N5. The number of nitrogens with one attached hydrogen (secondary N) is 1. The van der Waals surface area contributed by atoms with Crippen molar-refractivity contribution in [3.8, 4) is 0 Å². The Labute approximate surface area is 131 Å². The second-order valence-corrected chi connectivity index (χ2v) is 5.79. The molecule has 1 fully saturated rings. The molecule has 0 atom stereocenters. The van der Waals surface area contributed by atoms with Crippen LogP contribution >= 0.6 is 0 Å². The van der Waals surface area contributed by atoms with Crippen LogP contribution in [-0.4, -0.2) is 34.1 Å². The Hall–Kier alpha value is -2.17. The van der Waals surface area contributed by atoms with Crippen LogP contribution in [0.25, 0.3) is 0 Å². The first-order chi connectivity index (χ1) is 10.7. The fraction of sp³-hybridized carbons (Fsp3) is 0.471. The molecule has 1 aliphatic rings. The van der Waals surface area contributed by atoms with E-state index in [1.54, 1.807) is 6.33 Å². The Kier molecular flexibility index (Phi) is 4.51. The highest BCUT2D eigenvalue weighted by atomic mass is 15.2. The van der Waals surface area contributed by atoms with Gasteiger partial charge in [0.25, 0.3) is 0 Å². The van der Waals surface area contributed by atoms with E-state index in [0.717, 1.165) is 55.4 Å². The van der Waals surface area contributed by atoms with Crippen molar-refractivity contribution in [2.75, 3.05) is 23.3 Å². The zero-order valence-corrected chi connectivity index (χ0v) is 13.3. The molecule has 3 heterocycles. The van der Waals surface area contributed by atoms with E-state index in [9.17, 15) is 0 Å². The minimum Gasteiger partial charge on any atom is -0.367 e. The van der Waals surface area contributed by atoms with Crippen molar-refractivity contribution in [1.82, 2.24) is 15.0 Å². The van der Waals surface area contributed by atoms with Gasteiger partial charge in [0.1, 0.15) is 18.0 Å². The van der Waals surface area contributed by atoms with Crippen LogP contribution in [0.1, 0.15) is 31.2 Å². The Morgan fingerprint density at radius 1 is 1.23 bits per heavy atom. The van der Waals surface area contributed by atoms with Crippen molar-refractivity contribution >= 4 is 11.6 Å². The highest BCUT2D eigenvalue weighted by molar-refractivity contribution is 5.41. The van der Waals surface area contributed by atoms with Gasteiger partial charge >= 0.3 is 0 Å². The lowest BCUT2D eigenvalue weighted by atomic mass is 10.0. The summed E-state index contributed by atoms with van der Waals surface area (Å²) in [6.45, 7) is 6.18. The van der Waals surface area contributed by atoms with Crippen molar-refractivity contribution in [2.45, 2.75) is 39.2 Å². The number of aryl methyl sites for hydroxylation is 2. The van der Waals surface area contributed by atoms with Gasteiger partial charge in [0, 0.05) is 36.6 Å². The van der Waals surface area contributed by atoms with Gasteiger partial charge in [-0.05, 0) is 38.3 Å². The third kappa shape index (κ3) is 3.53. The van der Waals surface area contributed by atoms with E-state index in [4.69, 9.17) is 0 Å². The first-order valence-corrected chi connectivity index (χ1v) is 8.00. The van der Waals surface area contributed by atoms with Gasteiger partial charge in [0.05, 0.1) is 0 Å². The number of hydrogen-bond acceptors (Lipinski definition) is 5. The number of hydrogen-bond donors (Lipinski definition) is 1. The molecule has 0 aromatic carbocycles. The van der Waals surface area contributed by atoms with Gasteiger partial charge in [-0.25, -0.2) is 15.0 Å². The highest BCUT2D eigenvalue weighted by Crippen LogP contribution is 2.20. The largest absolute Gasteiger partial charge is 0.367 e. The van der Waals surface area contributed by atoms with Crippen molar-refractivity contribution in [2.24, 2.45) is 0 Å². The average Bonchev–Trinajstić information content (AvgIpc) is 2.56. The number of piperidine rings is 1. The van der Waals surface area contributed by atoms with Gasteiger partial charge < -0.3 is 10.2 Å². The SMILES string of the molecule is CCc1cc(N2CCC(Nc3cccc(C)n3)CC2)ncn1. The predicted molar refractivity (Wildman–Crippen MR) is 89.2 cm³/mol. The molecule has 0 bridgehead atoms. The molecular weight excluding hydrogens is 274 g/mol. The van der Waals surface area contributed by atoms with Crippen LogP contribution in [0.5, 0.6) is 0 Å². The second kappa shape index (κ2) is 6.73. The molecule has 5 nitrogen and oxygen atoms in total. The van der Waals surface area contributed by atoms with Crippen molar-refractivity contribution in [3.63, 3.8) is 0 Å². The standard InChI is InChI=1S/C17H23N5/c1-3-14-11-17(19-12-18-14)22-9-7-15(8-10-22)21-16-6-4-5-13(2)20-16/h4-6,11-12,15H,3,7-10H2,1-2H3,(H,20,21). The summed E-state index contributed by atoms with van der Waals surface area (Å²) in [6.07, 6.45) is 4.82. The number of rotatable bonds is 4. The maximum absolute atomic E-state index is 4.52. The molecule has 0 radical (unpaired) electrons. The maximum atomic E-state index is 4.52. The maximum Gasteiger partial charge on any atom is 0.132 e. The number of anilines is 2. The van der Waals surface area contributed by atoms with Crippen molar-refractivity contribution in [1.29, 1.82) is 0 Å². The molecule has 2 aromatic heterocycles. The van der Waals surface area contributed by atoms with Gasteiger partial charge in [0.15, 0.2) is 0 Å². The fourth-order valence-electron chi connectivity index (χ4n) is 2.84. The lowest BCUT2D eigenvalue weighted by molar-refractivity contribution is 0.522. The smallest absolute Gasteiger partial charge is 0.132 e. The monoisotopic (exact) mass is 297 g/mol. The Morgan fingerprint density at radius 2 is 2.05 bits per heavy atom.